The molecule has 0 radical (unpaired) electrons. The molecule has 1 aromatic carbocycles. The second-order valence-corrected chi connectivity index (χ2v) is 3.16. The SMILES string of the molecule is Cc1ccc(/C=C/C(=O)O)c(OC(F)F)c1F. The molecule has 0 aliphatic heterocycles. The van der Waals surface area contributed by atoms with Crippen LogP contribution in [0.5, 0.6) is 5.75 Å². The van der Waals surface area contributed by atoms with E-state index in [1.165, 1.54) is 19.1 Å². The van der Waals surface area contributed by atoms with Crippen molar-refractivity contribution in [1.29, 1.82) is 0 Å². The summed E-state index contributed by atoms with van der Waals surface area (Å²) < 4.78 is 41.7. The lowest BCUT2D eigenvalue weighted by Gasteiger charge is -2.10. The highest BCUT2D eigenvalue weighted by Gasteiger charge is 2.15. The van der Waals surface area contributed by atoms with Crippen LogP contribution >= 0.6 is 0 Å². The third-order valence-electron chi connectivity index (χ3n) is 1.93. The van der Waals surface area contributed by atoms with Crippen LogP contribution in [0.15, 0.2) is 18.2 Å². The molecule has 0 amide bonds. The lowest BCUT2D eigenvalue weighted by atomic mass is 10.1. The van der Waals surface area contributed by atoms with Gasteiger partial charge in [0.05, 0.1) is 0 Å². The Balaban J connectivity index is 3.20. The first kappa shape index (κ1) is 13.1. The van der Waals surface area contributed by atoms with Gasteiger partial charge in [0.25, 0.3) is 0 Å². The van der Waals surface area contributed by atoms with Gasteiger partial charge < -0.3 is 9.84 Å². The number of carboxylic acid groups (broad SMARTS) is 1. The maximum absolute atomic E-state index is 13.5. The van der Waals surface area contributed by atoms with Crippen LogP contribution in [0.4, 0.5) is 13.2 Å². The monoisotopic (exact) mass is 246 g/mol. The zero-order valence-corrected chi connectivity index (χ0v) is 8.78. The van der Waals surface area contributed by atoms with Crippen LogP contribution in [0, 0.1) is 12.7 Å². The normalized spacial score (nSPS) is 11.1. The Morgan fingerprint density at radius 2 is 2.12 bits per heavy atom. The van der Waals surface area contributed by atoms with Gasteiger partial charge >= 0.3 is 12.6 Å². The summed E-state index contributed by atoms with van der Waals surface area (Å²) in [6.45, 7) is -1.79. The first-order valence-electron chi connectivity index (χ1n) is 4.56. The van der Waals surface area contributed by atoms with Gasteiger partial charge in [-0.3, -0.25) is 0 Å². The molecule has 92 valence electrons. The summed E-state index contributed by atoms with van der Waals surface area (Å²) in [5, 5.41) is 8.40. The number of ether oxygens (including phenoxy) is 1. The fourth-order valence-electron chi connectivity index (χ4n) is 1.17. The molecule has 0 aliphatic rings. The Hall–Kier alpha value is -1.98. The van der Waals surface area contributed by atoms with Gasteiger partial charge in [0, 0.05) is 11.6 Å². The Morgan fingerprint density at radius 1 is 1.47 bits per heavy atom. The number of hydrogen-bond donors (Lipinski definition) is 1. The predicted octanol–water partition coefficient (Wildman–Crippen LogP) is 2.83. The van der Waals surface area contributed by atoms with Gasteiger partial charge in [-0.25, -0.2) is 9.18 Å². The maximum atomic E-state index is 13.5. The summed E-state index contributed by atoms with van der Waals surface area (Å²) in [4.78, 5) is 10.3. The molecular formula is C11H9F3O3. The largest absolute Gasteiger partial charge is 0.478 e. The smallest absolute Gasteiger partial charge is 0.387 e. The molecule has 0 bridgehead atoms. The Morgan fingerprint density at radius 3 is 2.65 bits per heavy atom. The van der Waals surface area contributed by atoms with Crippen molar-refractivity contribution in [2.24, 2.45) is 0 Å². The minimum absolute atomic E-state index is 0.0594. The molecule has 0 saturated heterocycles. The zero-order chi connectivity index (χ0) is 13.0. The number of rotatable bonds is 4. The molecule has 0 heterocycles. The molecule has 17 heavy (non-hydrogen) atoms. The molecular weight excluding hydrogens is 237 g/mol. The number of benzene rings is 1. The fraction of sp³-hybridized carbons (Fsp3) is 0.182. The van der Waals surface area contributed by atoms with Crippen molar-refractivity contribution in [2.75, 3.05) is 0 Å². The van der Waals surface area contributed by atoms with Gasteiger partial charge in [0.1, 0.15) is 0 Å². The van der Waals surface area contributed by atoms with Gasteiger partial charge in [-0.05, 0) is 18.6 Å². The van der Waals surface area contributed by atoms with E-state index >= 15 is 0 Å². The number of alkyl halides is 2. The van der Waals surface area contributed by atoms with Crippen molar-refractivity contribution in [3.05, 3.63) is 35.2 Å². The second-order valence-electron chi connectivity index (χ2n) is 3.16. The molecule has 0 unspecified atom stereocenters. The maximum Gasteiger partial charge on any atom is 0.387 e. The molecule has 6 heteroatoms. The summed E-state index contributed by atoms with van der Waals surface area (Å²) in [6, 6.07) is 2.64. The standard InChI is InChI=1S/C11H9F3O3/c1-6-2-3-7(4-5-8(15)16)10(9(6)12)17-11(13)14/h2-5,11H,1H3,(H,15,16)/b5-4+. The highest BCUT2D eigenvalue weighted by atomic mass is 19.3. The van der Waals surface area contributed by atoms with Crippen molar-refractivity contribution in [3.63, 3.8) is 0 Å². The summed E-state index contributed by atoms with van der Waals surface area (Å²) in [7, 11) is 0. The van der Waals surface area contributed by atoms with Crippen molar-refractivity contribution in [1.82, 2.24) is 0 Å². The molecule has 0 atom stereocenters. The Labute approximate surface area is 95.1 Å². The molecule has 0 saturated carbocycles. The Kier molecular flexibility index (Phi) is 4.14. The Bertz CT molecular complexity index is 456. The summed E-state index contributed by atoms with van der Waals surface area (Å²) in [5.74, 6) is -2.86. The van der Waals surface area contributed by atoms with Crippen LogP contribution in [0.1, 0.15) is 11.1 Å². The van der Waals surface area contributed by atoms with Crippen LogP contribution in [0.2, 0.25) is 0 Å². The first-order chi connectivity index (χ1) is 7.91. The fourth-order valence-corrected chi connectivity index (χ4v) is 1.17. The van der Waals surface area contributed by atoms with Gasteiger partial charge in [0.15, 0.2) is 11.6 Å². The molecule has 3 nitrogen and oxygen atoms in total. The second kappa shape index (κ2) is 5.38. The molecule has 1 aromatic rings. The number of aryl methyl sites for hydroxylation is 1. The first-order valence-corrected chi connectivity index (χ1v) is 4.56. The average molecular weight is 246 g/mol. The topological polar surface area (TPSA) is 46.5 Å². The van der Waals surface area contributed by atoms with Crippen molar-refractivity contribution >= 4 is 12.0 Å². The molecule has 0 fully saturated rings. The number of carboxylic acids is 1. The number of carbonyl (C=O) groups is 1. The molecule has 0 aromatic heterocycles. The molecule has 0 aliphatic carbocycles. The van der Waals surface area contributed by atoms with E-state index < -0.39 is 24.1 Å². The van der Waals surface area contributed by atoms with Crippen LogP contribution < -0.4 is 4.74 Å². The van der Waals surface area contributed by atoms with Crippen LogP contribution in [-0.4, -0.2) is 17.7 Å². The lowest BCUT2D eigenvalue weighted by molar-refractivity contribution is -0.131. The van der Waals surface area contributed by atoms with E-state index in [0.29, 0.717) is 6.08 Å². The zero-order valence-electron chi connectivity index (χ0n) is 8.78. The lowest BCUT2D eigenvalue weighted by Crippen LogP contribution is -2.06. The van der Waals surface area contributed by atoms with Gasteiger partial charge in [-0.15, -0.1) is 0 Å². The van der Waals surface area contributed by atoms with Crippen molar-refractivity contribution in [2.45, 2.75) is 13.5 Å². The molecule has 1 N–H and O–H groups in total. The highest BCUT2D eigenvalue weighted by molar-refractivity contribution is 5.86. The summed E-state index contributed by atoms with van der Waals surface area (Å²) >= 11 is 0. The average Bonchev–Trinajstić information content (AvgIpc) is 2.23. The van der Waals surface area contributed by atoms with Crippen LogP contribution in [0.3, 0.4) is 0 Å². The number of halogens is 3. The molecule has 1 rings (SSSR count). The van der Waals surface area contributed by atoms with E-state index in [9.17, 15) is 18.0 Å². The van der Waals surface area contributed by atoms with Crippen LogP contribution in [0.25, 0.3) is 6.08 Å². The molecule has 0 spiro atoms. The van der Waals surface area contributed by atoms with E-state index in [-0.39, 0.29) is 11.1 Å². The van der Waals surface area contributed by atoms with E-state index in [0.717, 1.165) is 6.08 Å². The number of hydrogen-bond acceptors (Lipinski definition) is 2. The highest BCUT2D eigenvalue weighted by Crippen LogP contribution is 2.28. The van der Waals surface area contributed by atoms with E-state index in [4.69, 9.17) is 5.11 Å². The van der Waals surface area contributed by atoms with Crippen molar-refractivity contribution < 1.29 is 27.8 Å². The van der Waals surface area contributed by atoms with Gasteiger partial charge in [-0.1, -0.05) is 12.1 Å². The third kappa shape index (κ3) is 3.51. The quantitative estimate of drug-likeness (QED) is 0.831. The van der Waals surface area contributed by atoms with Crippen molar-refractivity contribution in [3.8, 4) is 5.75 Å². The van der Waals surface area contributed by atoms with E-state index in [1.54, 1.807) is 0 Å². The minimum Gasteiger partial charge on any atom is -0.478 e. The van der Waals surface area contributed by atoms with Gasteiger partial charge in [0.2, 0.25) is 0 Å². The summed E-state index contributed by atoms with van der Waals surface area (Å²) in [6.07, 6.45) is 1.70. The van der Waals surface area contributed by atoms with E-state index in [1.807, 2.05) is 0 Å². The van der Waals surface area contributed by atoms with Gasteiger partial charge in [-0.2, -0.15) is 8.78 Å². The van der Waals surface area contributed by atoms with Crippen LogP contribution in [-0.2, 0) is 4.79 Å². The third-order valence-corrected chi connectivity index (χ3v) is 1.93. The predicted molar refractivity (Wildman–Crippen MR) is 54.4 cm³/mol. The van der Waals surface area contributed by atoms with E-state index in [2.05, 4.69) is 4.74 Å². The number of aliphatic carboxylic acids is 1. The minimum atomic E-state index is -3.18. The summed E-state index contributed by atoms with van der Waals surface area (Å²) in [5.41, 5.74) is 0.0731.